The van der Waals surface area contributed by atoms with Crippen molar-refractivity contribution in [3.05, 3.63) is 42.0 Å². The van der Waals surface area contributed by atoms with E-state index in [4.69, 9.17) is 0 Å². The van der Waals surface area contributed by atoms with Crippen LogP contribution in [-0.2, 0) is 0 Å². The van der Waals surface area contributed by atoms with Gasteiger partial charge < -0.3 is 10.2 Å². The van der Waals surface area contributed by atoms with Crippen LogP contribution in [-0.4, -0.2) is 36.1 Å². The lowest BCUT2D eigenvalue weighted by molar-refractivity contribution is 0.631. The fraction of sp³-hybridized carbons (Fsp3) is 0.375. The number of nitrogens with one attached hydrogen (secondary N) is 1. The predicted molar refractivity (Wildman–Crippen MR) is 81.9 cm³/mol. The molecule has 2 aromatic rings. The number of anilines is 1. The zero-order valence-corrected chi connectivity index (χ0v) is 12.1. The average Bonchev–Trinajstić information content (AvgIpc) is 2.77. The van der Waals surface area contributed by atoms with Crippen molar-refractivity contribution in [2.75, 3.05) is 31.1 Å². The maximum atomic E-state index is 13.9. The number of halogens is 1. The van der Waals surface area contributed by atoms with E-state index in [0.29, 0.717) is 5.56 Å². The molecule has 0 bridgehead atoms. The summed E-state index contributed by atoms with van der Waals surface area (Å²) in [6.45, 7) is 5.73. The van der Waals surface area contributed by atoms with Gasteiger partial charge >= 0.3 is 0 Å². The van der Waals surface area contributed by atoms with Crippen LogP contribution in [0.5, 0.6) is 0 Å². The molecule has 1 N–H and O–H groups in total. The van der Waals surface area contributed by atoms with E-state index in [1.54, 1.807) is 18.3 Å². The van der Waals surface area contributed by atoms with E-state index < -0.39 is 0 Å². The second kappa shape index (κ2) is 6.18. The first-order valence-corrected chi connectivity index (χ1v) is 7.30. The Morgan fingerprint density at radius 1 is 1.14 bits per heavy atom. The van der Waals surface area contributed by atoms with E-state index in [1.807, 2.05) is 13.0 Å². The normalized spacial score (nSPS) is 15.8. The molecule has 0 spiro atoms. The minimum absolute atomic E-state index is 0.240. The van der Waals surface area contributed by atoms with Crippen LogP contribution in [0.1, 0.15) is 12.1 Å². The summed E-state index contributed by atoms with van der Waals surface area (Å²) in [5, 5.41) is 3.36. The molecule has 2 heterocycles. The minimum atomic E-state index is -0.240. The van der Waals surface area contributed by atoms with Gasteiger partial charge in [0.05, 0.1) is 5.69 Å². The highest BCUT2D eigenvalue weighted by molar-refractivity contribution is 5.66. The Bertz CT molecular complexity index is 621. The van der Waals surface area contributed by atoms with Gasteiger partial charge in [-0.25, -0.2) is 14.4 Å². The zero-order valence-electron chi connectivity index (χ0n) is 12.1. The van der Waals surface area contributed by atoms with Gasteiger partial charge in [0.15, 0.2) is 0 Å². The topological polar surface area (TPSA) is 41.1 Å². The average molecular weight is 286 g/mol. The third-order valence-electron chi connectivity index (χ3n) is 3.75. The van der Waals surface area contributed by atoms with Crippen molar-refractivity contribution in [1.29, 1.82) is 0 Å². The van der Waals surface area contributed by atoms with Gasteiger partial charge in [0.1, 0.15) is 5.82 Å². The van der Waals surface area contributed by atoms with Crippen molar-refractivity contribution in [3.63, 3.8) is 0 Å². The SMILES string of the molecule is Cc1nc(N2CCCNCC2)ncc1-c1ccccc1F. The summed E-state index contributed by atoms with van der Waals surface area (Å²) in [7, 11) is 0. The van der Waals surface area contributed by atoms with Gasteiger partial charge in [0.2, 0.25) is 5.95 Å². The minimum Gasteiger partial charge on any atom is -0.339 e. The van der Waals surface area contributed by atoms with E-state index in [1.165, 1.54) is 6.07 Å². The standard InChI is InChI=1S/C16H19FN4/c1-12-14(13-5-2-3-6-15(13)17)11-19-16(20-12)21-9-4-7-18-8-10-21/h2-3,5-6,11,18H,4,7-10H2,1H3. The fourth-order valence-corrected chi connectivity index (χ4v) is 2.60. The molecule has 110 valence electrons. The Morgan fingerprint density at radius 3 is 2.81 bits per heavy atom. The van der Waals surface area contributed by atoms with E-state index in [0.717, 1.165) is 49.8 Å². The summed E-state index contributed by atoms with van der Waals surface area (Å²) in [4.78, 5) is 11.2. The lowest BCUT2D eigenvalue weighted by atomic mass is 10.1. The van der Waals surface area contributed by atoms with Gasteiger partial charge in [-0.3, -0.25) is 0 Å². The van der Waals surface area contributed by atoms with E-state index in [2.05, 4.69) is 20.2 Å². The van der Waals surface area contributed by atoms with Crippen LogP contribution in [0.4, 0.5) is 10.3 Å². The first kappa shape index (κ1) is 13.9. The molecule has 4 nitrogen and oxygen atoms in total. The zero-order chi connectivity index (χ0) is 14.7. The third kappa shape index (κ3) is 3.03. The number of nitrogens with zero attached hydrogens (tertiary/aromatic N) is 3. The van der Waals surface area contributed by atoms with Crippen molar-refractivity contribution in [3.8, 4) is 11.1 Å². The summed E-state index contributed by atoms with van der Waals surface area (Å²) in [6, 6.07) is 6.74. The molecule has 3 rings (SSSR count). The van der Waals surface area contributed by atoms with Crippen LogP contribution in [0.15, 0.2) is 30.5 Å². The van der Waals surface area contributed by atoms with Gasteiger partial charge in [0.25, 0.3) is 0 Å². The number of aryl methyl sites for hydroxylation is 1. The maximum Gasteiger partial charge on any atom is 0.225 e. The molecule has 0 atom stereocenters. The molecule has 0 aliphatic carbocycles. The molecule has 0 unspecified atom stereocenters. The summed E-state index contributed by atoms with van der Waals surface area (Å²) < 4.78 is 13.9. The van der Waals surface area contributed by atoms with E-state index in [9.17, 15) is 4.39 Å². The highest BCUT2D eigenvalue weighted by atomic mass is 19.1. The molecule has 1 aromatic carbocycles. The molecule has 1 saturated heterocycles. The van der Waals surface area contributed by atoms with Gasteiger partial charge in [-0.05, 0) is 26.0 Å². The Morgan fingerprint density at radius 2 is 2.00 bits per heavy atom. The molecule has 1 aliphatic heterocycles. The van der Waals surface area contributed by atoms with Crippen LogP contribution in [0.2, 0.25) is 0 Å². The molecule has 0 radical (unpaired) electrons. The van der Waals surface area contributed by atoms with Crippen molar-refractivity contribution >= 4 is 5.95 Å². The monoisotopic (exact) mass is 286 g/mol. The molecule has 1 aliphatic rings. The number of hydrogen-bond acceptors (Lipinski definition) is 4. The Balaban J connectivity index is 1.91. The van der Waals surface area contributed by atoms with Crippen molar-refractivity contribution in [2.24, 2.45) is 0 Å². The fourth-order valence-electron chi connectivity index (χ4n) is 2.60. The highest BCUT2D eigenvalue weighted by Crippen LogP contribution is 2.25. The van der Waals surface area contributed by atoms with Gasteiger partial charge in [-0.1, -0.05) is 18.2 Å². The van der Waals surface area contributed by atoms with Gasteiger partial charge in [-0.15, -0.1) is 0 Å². The third-order valence-corrected chi connectivity index (χ3v) is 3.75. The Labute approximate surface area is 124 Å². The second-order valence-corrected chi connectivity index (χ2v) is 5.24. The summed E-state index contributed by atoms with van der Waals surface area (Å²) in [5.41, 5.74) is 2.12. The van der Waals surface area contributed by atoms with Crippen LogP contribution in [0.3, 0.4) is 0 Å². The number of benzene rings is 1. The molecule has 1 fully saturated rings. The number of hydrogen-bond donors (Lipinski definition) is 1. The Kier molecular flexibility index (Phi) is 4.10. The molecule has 1 aromatic heterocycles. The van der Waals surface area contributed by atoms with Crippen molar-refractivity contribution in [2.45, 2.75) is 13.3 Å². The number of rotatable bonds is 2. The first-order chi connectivity index (χ1) is 10.3. The molecule has 5 heteroatoms. The van der Waals surface area contributed by atoms with Crippen LogP contribution in [0.25, 0.3) is 11.1 Å². The van der Waals surface area contributed by atoms with Crippen molar-refractivity contribution in [1.82, 2.24) is 15.3 Å². The van der Waals surface area contributed by atoms with Crippen molar-refractivity contribution < 1.29 is 4.39 Å². The molecule has 0 saturated carbocycles. The quantitative estimate of drug-likeness (QED) is 0.920. The van der Waals surface area contributed by atoms with E-state index >= 15 is 0 Å². The van der Waals surface area contributed by atoms with E-state index in [-0.39, 0.29) is 5.82 Å². The van der Waals surface area contributed by atoms with Gasteiger partial charge in [-0.2, -0.15) is 0 Å². The summed E-state index contributed by atoms with van der Waals surface area (Å²) in [6.07, 6.45) is 2.81. The van der Waals surface area contributed by atoms with Gasteiger partial charge in [0, 0.05) is 37.0 Å². The molecule has 0 amide bonds. The summed E-state index contributed by atoms with van der Waals surface area (Å²) >= 11 is 0. The number of aromatic nitrogens is 2. The predicted octanol–water partition coefficient (Wildman–Crippen LogP) is 2.39. The molecular weight excluding hydrogens is 267 g/mol. The smallest absolute Gasteiger partial charge is 0.225 e. The highest BCUT2D eigenvalue weighted by Gasteiger charge is 2.15. The van der Waals surface area contributed by atoms with Crippen LogP contribution >= 0.6 is 0 Å². The molecule has 21 heavy (non-hydrogen) atoms. The maximum absolute atomic E-state index is 13.9. The Hall–Kier alpha value is -2.01. The molecular formula is C16H19FN4. The first-order valence-electron chi connectivity index (χ1n) is 7.30. The second-order valence-electron chi connectivity index (χ2n) is 5.24. The summed E-state index contributed by atoms with van der Waals surface area (Å²) in [5.74, 6) is 0.493. The van der Waals surface area contributed by atoms with Crippen LogP contribution in [0, 0.1) is 12.7 Å². The largest absolute Gasteiger partial charge is 0.339 e. The lowest BCUT2D eigenvalue weighted by Crippen LogP contribution is -2.29. The lowest BCUT2D eigenvalue weighted by Gasteiger charge is -2.20. The van der Waals surface area contributed by atoms with Crippen LogP contribution < -0.4 is 10.2 Å².